The van der Waals surface area contributed by atoms with Crippen LogP contribution in [0.5, 0.6) is 0 Å². The lowest BCUT2D eigenvalue weighted by molar-refractivity contribution is 0.0943. The van der Waals surface area contributed by atoms with E-state index in [4.69, 9.17) is 5.73 Å². The number of rotatable bonds is 6. The summed E-state index contributed by atoms with van der Waals surface area (Å²) in [5.74, 6) is 0.676. The lowest BCUT2D eigenvalue weighted by Gasteiger charge is -2.18. The van der Waals surface area contributed by atoms with Crippen LogP contribution in [0.1, 0.15) is 54.1 Å². The first-order valence-corrected chi connectivity index (χ1v) is 9.48. The van der Waals surface area contributed by atoms with Gasteiger partial charge in [-0.3, -0.25) is 9.20 Å². The highest BCUT2D eigenvalue weighted by molar-refractivity contribution is 5.95. The minimum absolute atomic E-state index is 0.363. The minimum atomic E-state index is -0.856. The molecule has 0 aliphatic heterocycles. The average molecular weight is 379 g/mol. The number of hydrogen-bond acceptors (Lipinski definition) is 5. The van der Waals surface area contributed by atoms with E-state index in [0.29, 0.717) is 29.5 Å². The molecule has 1 fully saturated rings. The monoisotopic (exact) mass is 379 g/mol. The molecule has 1 saturated carbocycles. The highest BCUT2D eigenvalue weighted by atomic mass is 16.3. The van der Waals surface area contributed by atoms with Crippen molar-refractivity contribution in [3.05, 3.63) is 47.4 Å². The van der Waals surface area contributed by atoms with Crippen LogP contribution in [0.3, 0.4) is 0 Å². The molecular weight excluding hydrogens is 354 g/mol. The molecule has 0 unspecified atom stereocenters. The number of nitrogens with two attached hydrogens (primary N) is 1. The third kappa shape index (κ3) is 3.33. The lowest BCUT2D eigenvalue weighted by atomic mass is 9.92. The van der Waals surface area contributed by atoms with E-state index in [1.165, 1.54) is 5.56 Å². The summed E-state index contributed by atoms with van der Waals surface area (Å²) in [7, 11) is 0. The first-order chi connectivity index (χ1) is 13.3. The van der Waals surface area contributed by atoms with Gasteiger partial charge >= 0.3 is 0 Å². The second-order valence-electron chi connectivity index (χ2n) is 8.12. The largest absolute Gasteiger partial charge is 0.389 e. The Balaban J connectivity index is 1.82. The number of carbonyl (C=O) groups is 1. The molecule has 2 heterocycles. The van der Waals surface area contributed by atoms with Crippen LogP contribution in [0.4, 0.5) is 5.82 Å². The fourth-order valence-electron chi connectivity index (χ4n) is 3.66. The van der Waals surface area contributed by atoms with Crippen molar-refractivity contribution in [3.63, 3.8) is 0 Å². The Hall–Kier alpha value is -2.93. The van der Waals surface area contributed by atoms with Gasteiger partial charge in [0.2, 0.25) is 5.91 Å². The molecule has 7 heteroatoms. The van der Waals surface area contributed by atoms with Gasteiger partial charge in [0.1, 0.15) is 0 Å². The Morgan fingerprint density at radius 3 is 2.75 bits per heavy atom. The van der Waals surface area contributed by atoms with Crippen molar-refractivity contribution in [2.75, 3.05) is 11.9 Å². The molecule has 146 valence electrons. The van der Waals surface area contributed by atoms with E-state index in [9.17, 15) is 9.90 Å². The highest BCUT2D eigenvalue weighted by Gasteiger charge is 2.30. The molecule has 0 bridgehead atoms. The summed E-state index contributed by atoms with van der Waals surface area (Å²) in [6.45, 7) is 5.81. The predicted molar refractivity (Wildman–Crippen MR) is 108 cm³/mol. The van der Waals surface area contributed by atoms with Gasteiger partial charge in [0, 0.05) is 30.1 Å². The van der Waals surface area contributed by atoms with Gasteiger partial charge in [-0.1, -0.05) is 6.07 Å². The smallest absolute Gasteiger partial charge is 0.248 e. The first kappa shape index (κ1) is 18.4. The van der Waals surface area contributed by atoms with Gasteiger partial charge in [-0.2, -0.15) is 0 Å². The molecule has 2 aromatic heterocycles. The summed E-state index contributed by atoms with van der Waals surface area (Å²) in [5, 5.41) is 13.2. The van der Waals surface area contributed by atoms with Crippen LogP contribution in [-0.2, 0) is 0 Å². The standard InChI is InChI=1S/C21H25N5O2/c1-12-14(18(22)27)6-7-15(17(12)13-4-5-13)16-10-24-20-19(23-8-9-26(16)20)25-11-21(2,3)28/h6-10,13,28H,4-5,11H2,1-3H3,(H2,22,27)(H,23,25). The second-order valence-corrected chi connectivity index (χ2v) is 8.12. The molecule has 0 atom stereocenters. The summed E-state index contributed by atoms with van der Waals surface area (Å²) < 4.78 is 1.99. The van der Waals surface area contributed by atoms with E-state index in [1.807, 2.05) is 29.8 Å². The molecule has 0 spiro atoms. The van der Waals surface area contributed by atoms with Crippen molar-refractivity contribution in [1.29, 1.82) is 0 Å². The SMILES string of the molecule is Cc1c(C(N)=O)ccc(-c2cnc3c(NCC(C)(C)O)nccn23)c1C1CC1. The van der Waals surface area contributed by atoms with Crippen LogP contribution in [-0.4, -0.2) is 37.5 Å². The second kappa shape index (κ2) is 6.60. The zero-order valence-electron chi connectivity index (χ0n) is 16.4. The number of aromatic nitrogens is 3. The van der Waals surface area contributed by atoms with Crippen molar-refractivity contribution in [1.82, 2.24) is 14.4 Å². The van der Waals surface area contributed by atoms with Crippen molar-refractivity contribution in [2.45, 2.75) is 45.1 Å². The number of primary amides is 1. The van der Waals surface area contributed by atoms with Crippen LogP contribution in [0.25, 0.3) is 16.9 Å². The Bertz CT molecular complexity index is 1060. The zero-order valence-corrected chi connectivity index (χ0v) is 16.4. The van der Waals surface area contributed by atoms with Gasteiger partial charge in [0.25, 0.3) is 0 Å². The van der Waals surface area contributed by atoms with Crippen LogP contribution < -0.4 is 11.1 Å². The van der Waals surface area contributed by atoms with Crippen molar-refractivity contribution >= 4 is 17.4 Å². The molecule has 4 N–H and O–H groups in total. The van der Waals surface area contributed by atoms with Gasteiger partial charge in [-0.05, 0) is 56.7 Å². The topological polar surface area (TPSA) is 106 Å². The van der Waals surface area contributed by atoms with Gasteiger partial charge in [-0.15, -0.1) is 0 Å². The van der Waals surface area contributed by atoms with Crippen LogP contribution >= 0.6 is 0 Å². The number of benzene rings is 1. The minimum Gasteiger partial charge on any atom is -0.389 e. The van der Waals surface area contributed by atoms with E-state index in [2.05, 4.69) is 15.3 Å². The number of hydrogen-bond donors (Lipinski definition) is 3. The fraction of sp³-hybridized carbons (Fsp3) is 0.381. The highest BCUT2D eigenvalue weighted by Crippen LogP contribution is 2.46. The van der Waals surface area contributed by atoms with Crippen molar-refractivity contribution < 1.29 is 9.90 Å². The molecule has 1 amide bonds. The number of fused-ring (bicyclic) bond motifs is 1. The Kier molecular flexibility index (Phi) is 4.34. The van der Waals surface area contributed by atoms with E-state index in [1.54, 1.807) is 26.1 Å². The van der Waals surface area contributed by atoms with E-state index in [-0.39, 0.29) is 0 Å². The molecular formula is C21H25N5O2. The van der Waals surface area contributed by atoms with Gasteiger partial charge < -0.3 is 16.2 Å². The number of nitrogens with one attached hydrogen (secondary N) is 1. The van der Waals surface area contributed by atoms with Crippen LogP contribution in [0, 0.1) is 6.92 Å². The van der Waals surface area contributed by atoms with Crippen molar-refractivity contribution in [2.24, 2.45) is 5.73 Å². The van der Waals surface area contributed by atoms with Gasteiger partial charge in [0.05, 0.1) is 17.5 Å². The fourth-order valence-corrected chi connectivity index (χ4v) is 3.66. The van der Waals surface area contributed by atoms with Crippen LogP contribution in [0.15, 0.2) is 30.7 Å². The average Bonchev–Trinajstić information content (AvgIpc) is 3.36. The van der Waals surface area contributed by atoms with E-state index in [0.717, 1.165) is 29.7 Å². The number of imidazole rings is 1. The summed E-state index contributed by atoms with van der Waals surface area (Å²) >= 11 is 0. The number of aliphatic hydroxyl groups is 1. The maximum absolute atomic E-state index is 11.8. The quantitative estimate of drug-likeness (QED) is 0.611. The molecule has 1 aromatic carbocycles. The van der Waals surface area contributed by atoms with E-state index >= 15 is 0 Å². The Morgan fingerprint density at radius 2 is 2.11 bits per heavy atom. The number of nitrogens with zero attached hydrogens (tertiary/aromatic N) is 3. The summed E-state index contributed by atoms with van der Waals surface area (Å²) in [5.41, 5.74) is 10.1. The molecule has 1 aliphatic rings. The lowest BCUT2D eigenvalue weighted by Crippen LogP contribution is -2.29. The van der Waals surface area contributed by atoms with Crippen LogP contribution in [0.2, 0.25) is 0 Å². The number of carbonyl (C=O) groups excluding carboxylic acids is 1. The number of amides is 1. The molecule has 3 aromatic rings. The molecule has 0 saturated heterocycles. The molecule has 1 aliphatic carbocycles. The summed E-state index contributed by atoms with van der Waals surface area (Å²) in [4.78, 5) is 20.7. The summed E-state index contributed by atoms with van der Waals surface area (Å²) in [6.07, 6.45) is 7.66. The molecule has 0 radical (unpaired) electrons. The van der Waals surface area contributed by atoms with E-state index < -0.39 is 11.5 Å². The molecule has 7 nitrogen and oxygen atoms in total. The normalized spacial score (nSPS) is 14.4. The summed E-state index contributed by atoms with van der Waals surface area (Å²) in [6, 6.07) is 3.77. The van der Waals surface area contributed by atoms with Gasteiger partial charge in [-0.25, -0.2) is 9.97 Å². The maximum Gasteiger partial charge on any atom is 0.248 e. The third-order valence-electron chi connectivity index (χ3n) is 5.16. The number of anilines is 1. The third-order valence-corrected chi connectivity index (χ3v) is 5.16. The van der Waals surface area contributed by atoms with Gasteiger partial charge in [0.15, 0.2) is 11.5 Å². The Morgan fingerprint density at radius 1 is 1.36 bits per heavy atom. The first-order valence-electron chi connectivity index (χ1n) is 9.48. The molecule has 28 heavy (non-hydrogen) atoms. The Labute approximate surface area is 163 Å². The zero-order chi connectivity index (χ0) is 20.1. The molecule has 4 rings (SSSR count). The van der Waals surface area contributed by atoms with Crippen molar-refractivity contribution in [3.8, 4) is 11.3 Å². The maximum atomic E-state index is 11.8. The predicted octanol–water partition coefficient (Wildman–Crippen LogP) is 2.86.